The van der Waals surface area contributed by atoms with Crippen LogP contribution in [-0.2, 0) is 12.7 Å². The maximum atomic E-state index is 14.6. The Morgan fingerprint density at radius 1 is 0.935 bits per heavy atom. The molecule has 2 heterocycles. The van der Waals surface area contributed by atoms with E-state index in [0.717, 1.165) is 24.0 Å². The topological polar surface area (TPSA) is 87.4 Å². The monoisotopic (exact) mass is 639 g/mol. The first-order valence-corrected chi connectivity index (χ1v) is 14.9. The molecule has 1 saturated heterocycles. The Kier molecular flexibility index (Phi) is 9.34. The zero-order valence-corrected chi connectivity index (χ0v) is 26.6. The van der Waals surface area contributed by atoms with Gasteiger partial charge in [0.15, 0.2) is 11.5 Å². The molecule has 0 bridgehead atoms. The number of hydrogen-bond donors (Lipinski definition) is 0. The third-order valence-corrected chi connectivity index (χ3v) is 8.39. The Balaban J connectivity index is 1.66. The molecule has 8 nitrogen and oxygen atoms in total. The number of esters is 1. The van der Waals surface area contributed by atoms with Gasteiger partial charge in [-0.1, -0.05) is 13.0 Å². The Morgan fingerprint density at radius 2 is 1.61 bits per heavy atom. The van der Waals surface area contributed by atoms with Gasteiger partial charge in [0.25, 0.3) is 5.76 Å². The van der Waals surface area contributed by atoms with Gasteiger partial charge in [0, 0.05) is 6.54 Å². The summed E-state index contributed by atoms with van der Waals surface area (Å²) in [4.78, 5) is 29.2. The van der Waals surface area contributed by atoms with Crippen LogP contribution in [0.3, 0.4) is 0 Å². The van der Waals surface area contributed by atoms with E-state index in [-0.39, 0.29) is 40.1 Å². The maximum Gasteiger partial charge on any atom is 0.453 e. The standard InChI is InChI=1S/C35H36F3NO7/c1-19-11-13-39(14-12-19)18-25-26(45-34(41)23-7-9-27(42-5)29(17-23)43-6)10-8-24-30(40)32(33(35(36,37)38)46-31(24)25)44-28-16-20(2)15-21(3)22(28)4/h7-10,15-17,19H,11-14,18H2,1-6H3. The predicted molar refractivity (Wildman–Crippen MR) is 166 cm³/mol. The van der Waals surface area contributed by atoms with Crippen LogP contribution in [0.25, 0.3) is 11.0 Å². The van der Waals surface area contributed by atoms with Gasteiger partial charge in [0.2, 0.25) is 11.2 Å². The molecular weight excluding hydrogens is 603 g/mol. The van der Waals surface area contributed by atoms with Crippen LogP contribution in [0.5, 0.6) is 28.7 Å². The molecule has 1 aromatic heterocycles. The fourth-order valence-corrected chi connectivity index (χ4v) is 5.59. The first kappa shape index (κ1) is 32.9. The lowest BCUT2D eigenvalue weighted by atomic mass is 9.98. The largest absolute Gasteiger partial charge is 0.493 e. The van der Waals surface area contributed by atoms with E-state index in [2.05, 4.69) is 6.92 Å². The average Bonchev–Trinajstić information content (AvgIpc) is 3.01. The van der Waals surface area contributed by atoms with Crippen molar-refractivity contribution in [1.29, 1.82) is 0 Å². The van der Waals surface area contributed by atoms with Crippen molar-refractivity contribution in [3.05, 3.63) is 86.3 Å². The van der Waals surface area contributed by atoms with Gasteiger partial charge in [0.05, 0.1) is 30.7 Å². The number of hydrogen-bond acceptors (Lipinski definition) is 8. The van der Waals surface area contributed by atoms with E-state index < -0.39 is 29.1 Å². The van der Waals surface area contributed by atoms with Gasteiger partial charge in [-0.05, 0) is 106 Å². The molecule has 1 aliphatic rings. The molecule has 11 heteroatoms. The second-order valence-corrected chi connectivity index (χ2v) is 11.7. The van der Waals surface area contributed by atoms with E-state index in [1.165, 1.54) is 38.5 Å². The van der Waals surface area contributed by atoms with Crippen LogP contribution in [0.1, 0.15) is 58.1 Å². The number of aryl methyl sites for hydroxylation is 2. The van der Waals surface area contributed by atoms with E-state index >= 15 is 0 Å². The van der Waals surface area contributed by atoms with Crippen LogP contribution in [0.2, 0.25) is 0 Å². The van der Waals surface area contributed by atoms with Gasteiger partial charge in [-0.2, -0.15) is 13.2 Å². The number of alkyl halides is 3. The lowest BCUT2D eigenvalue weighted by molar-refractivity contribution is -0.154. The van der Waals surface area contributed by atoms with Crippen molar-refractivity contribution in [3.8, 4) is 28.7 Å². The molecule has 0 amide bonds. The molecule has 0 saturated carbocycles. The molecule has 5 rings (SSSR count). The molecule has 0 N–H and O–H groups in total. The first-order chi connectivity index (χ1) is 21.8. The lowest BCUT2D eigenvalue weighted by Crippen LogP contribution is -2.32. The van der Waals surface area contributed by atoms with Crippen molar-refractivity contribution in [3.63, 3.8) is 0 Å². The van der Waals surface area contributed by atoms with Crippen molar-refractivity contribution in [1.82, 2.24) is 4.90 Å². The van der Waals surface area contributed by atoms with Gasteiger partial charge >= 0.3 is 12.1 Å². The number of fused-ring (bicyclic) bond motifs is 1. The van der Waals surface area contributed by atoms with E-state index in [0.29, 0.717) is 36.1 Å². The molecule has 0 atom stereocenters. The fourth-order valence-electron chi connectivity index (χ4n) is 5.59. The summed E-state index contributed by atoms with van der Waals surface area (Å²) >= 11 is 0. The second-order valence-electron chi connectivity index (χ2n) is 11.7. The van der Waals surface area contributed by atoms with Crippen LogP contribution < -0.4 is 24.4 Å². The maximum absolute atomic E-state index is 14.6. The van der Waals surface area contributed by atoms with E-state index in [1.807, 2.05) is 11.0 Å². The molecule has 0 unspecified atom stereocenters. The molecule has 0 spiro atoms. The van der Waals surface area contributed by atoms with Gasteiger partial charge in [0.1, 0.15) is 17.1 Å². The number of rotatable bonds is 8. The Labute approximate surface area is 264 Å². The summed E-state index contributed by atoms with van der Waals surface area (Å²) in [6.07, 6.45) is -3.30. The number of benzene rings is 3. The SMILES string of the molecule is COc1ccc(C(=O)Oc2ccc3c(=O)c(Oc4cc(C)cc(C)c4C)c(C(F)(F)F)oc3c2CN2CCC(C)CC2)cc1OC. The summed E-state index contributed by atoms with van der Waals surface area (Å²) in [5.74, 6) is -2.02. The summed E-state index contributed by atoms with van der Waals surface area (Å²) in [7, 11) is 2.88. The summed E-state index contributed by atoms with van der Waals surface area (Å²) in [6.45, 7) is 8.87. The second kappa shape index (κ2) is 13.1. The molecule has 1 fully saturated rings. The summed E-state index contributed by atoms with van der Waals surface area (Å²) in [6, 6.07) is 10.6. The third-order valence-electron chi connectivity index (χ3n) is 8.39. The van der Waals surface area contributed by atoms with Crippen LogP contribution in [-0.4, -0.2) is 38.2 Å². The number of carbonyl (C=O) groups excluding carboxylic acids is 1. The molecule has 4 aromatic rings. The van der Waals surface area contributed by atoms with Gasteiger partial charge in [-0.15, -0.1) is 0 Å². The zero-order valence-electron chi connectivity index (χ0n) is 26.6. The molecule has 0 aliphatic carbocycles. The number of likely N-dealkylation sites (tertiary alicyclic amines) is 1. The van der Waals surface area contributed by atoms with Crippen molar-refractivity contribution < 1.29 is 41.3 Å². The number of nitrogens with zero attached hydrogens (tertiary/aromatic N) is 1. The highest BCUT2D eigenvalue weighted by molar-refractivity contribution is 5.93. The average molecular weight is 640 g/mol. The molecule has 46 heavy (non-hydrogen) atoms. The molecule has 0 radical (unpaired) electrons. The molecular formula is C35H36F3NO7. The Bertz CT molecular complexity index is 1840. The van der Waals surface area contributed by atoms with Crippen LogP contribution in [0.4, 0.5) is 13.2 Å². The molecule has 244 valence electrons. The van der Waals surface area contributed by atoms with Gasteiger partial charge in [-0.3, -0.25) is 9.69 Å². The highest BCUT2D eigenvalue weighted by atomic mass is 19.4. The van der Waals surface area contributed by atoms with E-state index in [1.54, 1.807) is 32.9 Å². The summed E-state index contributed by atoms with van der Waals surface area (Å²) in [5.41, 5.74) is 1.12. The number of carbonyl (C=O) groups is 1. The highest BCUT2D eigenvalue weighted by Gasteiger charge is 2.41. The number of halogens is 3. The van der Waals surface area contributed by atoms with Crippen molar-refractivity contribution >= 4 is 16.9 Å². The third kappa shape index (κ3) is 6.69. The van der Waals surface area contributed by atoms with Gasteiger partial charge in [-0.25, -0.2) is 4.79 Å². The van der Waals surface area contributed by atoms with Crippen molar-refractivity contribution in [2.24, 2.45) is 5.92 Å². The summed E-state index contributed by atoms with van der Waals surface area (Å²) < 4.78 is 71.4. The van der Waals surface area contributed by atoms with Crippen molar-refractivity contribution in [2.45, 2.75) is 53.3 Å². The molecule has 1 aliphatic heterocycles. The minimum Gasteiger partial charge on any atom is -0.493 e. The van der Waals surface area contributed by atoms with Crippen LogP contribution in [0, 0.1) is 26.7 Å². The quantitative estimate of drug-likeness (QED) is 0.142. The zero-order chi connectivity index (χ0) is 33.3. The first-order valence-electron chi connectivity index (χ1n) is 14.9. The number of methoxy groups -OCH3 is 2. The van der Waals surface area contributed by atoms with E-state index in [9.17, 15) is 22.8 Å². The van der Waals surface area contributed by atoms with E-state index in [4.69, 9.17) is 23.4 Å². The normalized spacial score (nSPS) is 14.4. The lowest BCUT2D eigenvalue weighted by Gasteiger charge is -2.30. The fraction of sp³-hybridized carbons (Fsp3) is 0.371. The Hall–Kier alpha value is -4.51. The van der Waals surface area contributed by atoms with Crippen LogP contribution >= 0.6 is 0 Å². The molecule has 3 aromatic carbocycles. The van der Waals surface area contributed by atoms with Gasteiger partial charge < -0.3 is 23.4 Å². The Morgan fingerprint density at radius 3 is 2.26 bits per heavy atom. The highest BCUT2D eigenvalue weighted by Crippen LogP contribution is 2.41. The summed E-state index contributed by atoms with van der Waals surface area (Å²) in [5, 5.41) is -0.128. The minimum atomic E-state index is -5.07. The van der Waals surface area contributed by atoms with Crippen LogP contribution in [0.15, 0.2) is 51.7 Å². The number of piperidine rings is 1. The number of ether oxygens (including phenoxy) is 4. The van der Waals surface area contributed by atoms with Crippen molar-refractivity contribution in [2.75, 3.05) is 27.3 Å². The smallest absolute Gasteiger partial charge is 0.453 e. The predicted octanol–water partition coefficient (Wildman–Crippen LogP) is 8.00. The minimum absolute atomic E-state index is 0.0268.